The van der Waals surface area contributed by atoms with Crippen molar-refractivity contribution in [1.29, 1.82) is 0 Å². The van der Waals surface area contributed by atoms with E-state index in [4.69, 9.17) is 0 Å². The molecular weight excluding hydrogens is 213 g/mol. The van der Waals surface area contributed by atoms with Gasteiger partial charge >= 0.3 is 0 Å². The van der Waals surface area contributed by atoms with E-state index in [1.807, 2.05) is 6.07 Å². The number of hydrogen-bond acceptors (Lipinski definition) is 1. The zero-order chi connectivity index (χ0) is 11.7. The van der Waals surface area contributed by atoms with Crippen molar-refractivity contribution < 1.29 is 4.39 Å². The van der Waals surface area contributed by atoms with Crippen molar-refractivity contribution in [2.24, 2.45) is 0 Å². The Labute approximate surface area is 101 Å². The molecule has 1 heterocycles. The second-order valence-corrected chi connectivity index (χ2v) is 4.68. The number of hydrogen-bond donors (Lipinski definition) is 0. The molecule has 1 aliphatic rings. The molecule has 0 unspecified atom stereocenters. The third-order valence-electron chi connectivity index (χ3n) is 3.63. The van der Waals surface area contributed by atoms with Crippen molar-refractivity contribution in [3.8, 4) is 0 Å². The lowest BCUT2D eigenvalue weighted by Crippen LogP contribution is -2.06. The van der Waals surface area contributed by atoms with Gasteiger partial charge in [0.25, 0.3) is 0 Å². The van der Waals surface area contributed by atoms with Crippen LogP contribution in [-0.2, 0) is 0 Å². The van der Waals surface area contributed by atoms with Gasteiger partial charge in [-0.05, 0) is 55.7 Å². The Balaban J connectivity index is 2.12. The first-order chi connectivity index (χ1) is 8.36. The molecule has 0 bridgehead atoms. The Kier molecular flexibility index (Phi) is 2.79. The molecule has 2 heteroatoms. The number of halogens is 1. The molecule has 1 nitrogen and oxygen atoms in total. The fourth-order valence-electron chi connectivity index (χ4n) is 2.76. The first-order valence-electron chi connectivity index (χ1n) is 6.21. The number of fused-ring (bicyclic) bond motifs is 1. The van der Waals surface area contributed by atoms with Gasteiger partial charge in [-0.25, -0.2) is 4.39 Å². The minimum atomic E-state index is -0.216. The van der Waals surface area contributed by atoms with Gasteiger partial charge in [-0.2, -0.15) is 0 Å². The van der Waals surface area contributed by atoms with E-state index in [0.29, 0.717) is 11.4 Å². The maximum Gasteiger partial charge on any atom is 0.149 e. The van der Waals surface area contributed by atoms with Crippen molar-refractivity contribution in [1.82, 2.24) is 4.98 Å². The lowest BCUT2D eigenvalue weighted by molar-refractivity contribution is 0.514. The minimum Gasteiger partial charge on any atom is -0.253 e. The predicted octanol–water partition coefficient (Wildman–Crippen LogP) is 4.24. The maximum atomic E-state index is 13.7. The molecule has 0 N–H and O–H groups in total. The summed E-state index contributed by atoms with van der Waals surface area (Å²) < 4.78 is 13.7. The number of benzene rings is 1. The predicted molar refractivity (Wildman–Crippen MR) is 67.2 cm³/mol. The fraction of sp³-hybridized carbons (Fsp3) is 0.333. The van der Waals surface area contributed by atoms with Crippen LogP contribution in [-0.4, -0.2) is 4.98 Å². The summed E-state index contributed by atoms with van der Waals surface area (Å²) in [7, 11) is 0. The van der Waals surface area contributed by atoms with Gasteiger partial charge in [-0.15, -0.1) is 0 Å². The number of aromatic nitrogens is 1. The first-order valence-corrected chi connectivity index (χ1v) is 6.21. The molecule has 0 amide bonds. The molecule has 3 rings (SSSR count). The number of rotatable bonds is 1. The fourth-order valence-corrected chi connectivity index (χ4v) is 2.76. The van der Waals surface area contributed by atoms with Crippen molar-refractivity contribution in [3.63, 3.8) is 0 Å². The van der Waals surface area contributed by atoms with E-state index in [9.17, 15) is 4.39 Å². The van der Waals surface area contributed by atoms with Gasteiger partial charge in [0.2, 0.25) is 0 Å². The van der Waals surface area contributed by atoms with Crippen LogP contribution in [0.3, 0.4) is 0 Å². The summed E-state index contributed by atoms with van der Waals surface area (Å²) in [6.07, 6.45) is 8.78. The summed E-state index contributed by atoms with van der Waals surface area (Å²) in [5.41, 5.74) is 1.78. The highest BCUT2D eigenvalue weighted by molar-refractivity contribution is 5.83. The summed E-state index contributed by atoms with van der Waals surface area (Å²) in [6.45, 7) is 0. The third-order valence-corrected chi connectivity index (χ3v) is 3.63. The molecule has 87 valence electrons. The lowest BCUT2D eigenvalue weighted by Gasteiger charge is -2.22. The maximum absolute atomic E-state index is 13.7. The topological polar surface area (TPSA) is 12.9 Å². The summed E-state index contributed by atoms with van der Waals surface area (Å²) >= 11 is 0. The highest BCUT2D eigenvalue weighted by Gasteiger charge is 2.18. The van der Waals surface area contributed by atoms with Gasteiger partial charge in [-0.1, -0.05) is 12.1 Å². The molecule has 2 aromatic rings. The second-order valence-electron chi connectivity index (χ2n) is 4.68. The summed E-state index contributed by atoms with van der Waals surface area (Å²) in [5, 5.41) is 0.986. The highest BCUT2D eigenvalue weighted by atomic mass is 19.1. The smallest absolute Gasteiger partial charge is 0.149 e. The van der Waals surface area contributed by atoms with Crippen LogP contribution in [0.4, 0.5) is 4.39 Å². The molecule has 1 saturated carbocycles. The van der Waals surface area contributed by atoms with Crippen LogP contribution in [0.2, 0.25) is 0 Å². The van der Waals surface area contributed by atoms with Crippen LogP contribution in [0, 0.1) is 12.2 Å². The quantitative estimate of drug-likeness (QED) is 0.711. The Bertz CT molecular complexity index is 529. The highest BCUT2D eigenvalue weighted by Crippen LogP contribution is 2.35. The normalized spacial score (nSPS) is 17.5. The van der Waals surface area contributed by atoms with E-state index in [1.165, 1.54) is 37.3 Å². The van der Waals surface area contributed by atoms with Crippen LogP contribution in [0.5, 0.6) is 0 Å². The molecular formula is C15H15FN. The molecule has 1 aliphatic carbocycles. The number of para-hydroxylation sites is 1. The van der Waals surface area contributed by atoms with E-state index in [-0.39, 0.29) is 5.82 Å². The van der Waals surface area contributed by atoms with Gasteiger partial charge in [0.1, 0.15) is 11.3 Å². The van der Waals surface area contributed by atoms with Crippen LogP contribution >= 0.6 is 0 Å². The van der Waals surface area contributed by atoms with Crippen LogP contribution < -0.4 is 0 Å². The summed E-state index contributed by atoms with van der Waals surface area (Å²) in [5.74, 6) is 0.346. The van der Waals surface area contributed by atoms with Crippen molar-refractivity contribution >= 4 is 10.9 Å². The molecule has 0 atom stereocenters. The molecule has 1 aromatic heterocycles. The van der Waals surface area contributed by atoms with Crippen LogP contribution in [0.1, 0.15) is 37.2 Å². The molecule has 17 heavy (non-hydrogen) atoms. The van der Waals surface area contributed by atoms with Crippen molar-refractivity contribution in [2.45, 2.75) is 31.6 Å². The van der Waals surface area contributed by atoms with Crippen LogP contribution in [0.25, 0.3) is 10.9 Å². The zero-order valence-corrected chi connectivity index (χ0v) is 9.70. The largest absolute Gasteiger partial charge is 0.253 e. The van der Waals surface area contributed by atoms with Gasteiger partial charge < -0.3 is 0 Å². The summed E-state index contributed by atoms with van der Waals surface area (Å²) in [6, 6.07) is 7.29. The van der Waals surface area contributed by atoms with Crippen molar-refractivity contribution in [2.75, 3.05) is 0 Å². The monoisotopic (exact) mass is 228 g/mol. The molecule has 0 spiro atoms. The zero-order valence-electron chi connectivity index (χ0n) is 9.70. The molecule has 1 aromatic carbocycles. The first kappa shape index (κ1) is 10.7. The minimum absolute atomic E-state index is 0.216. The van der Waals surface area contributed by atoms with Gasteiger partial charge in [0, 0.05) is 11.6 Å². The summed E-state index contributed by atoms with van der Waals surface area (Å²) in [4.78, 5) is 4.15. The SMILES string of the molecule is Fc1cccc2c(C3CC[CH]CC3)ccnc12. The van der Waals surface area contributed by atoms with E-state index in [0.717, 1.165) is 5.39 Å². The Morgan fingerprint density at radius 1 is 1.12 bits per heavy atom. The number of pyridine rings is 1. The Morgan fingerprint density at radius 3 is 2.76 bits per heavy atom. The number of nitrogens with zero attached hydrogens (tertiary/aromatic N) is 1. The third kappa shape index (κ3) is 1.92. The average Bonchev–Trinajstić information content (AvgIpc) is 2.40. The molecule has 1 fully saturated rings. The molecule has 0 saturated heterocycles. The van der Waals surface area contributed by atoms with Gasteiger partial charge in [0.15, 0.2) is 0 Å². The molecule has 0 aliphatic heterocycles. The molecule has 1 radical (unpaired) electrons. The average molecular weight is 228 g/mol. The van der Waals surface area contributed by atoms with Crippen LogP contribution in [0.15, 0.2) is 30.5 Å². The Morgan fingerprint density at radius 2 is 1.94 bits per heavy atom. The van der Waals surface area contributed by atoms with Gasteiger partial charge in [0.05, 0.1) is 0 Å². The standard InChI is InChI=1S/C15H15FN/c16-14-8-4-7-13-12(9-10-17-15(13)14)11-5-2-1-3-6-11/h1,4,7-11H,2-3,5-6H2. The Hall–Kier alpha value is -1.44. The van der Waals surface area contributed by atoms with E-state index in [2.05, 4.69) is 17.5 Å². The van der Waals surface area contributed by atoms with E-state index in [1.54, 1.807) is 12.3 Å². The van der Waals surface area contributed by atoms with E-state index >= 15 is 0 Å². The van der Waals surface area contributed by atoms with E-state index < -0.39 is 0 Å². The lowest BCUT2D eigenvalue weighted by atomic mass is 9.83. The second kappa shape index (κ2) is 4.44. The van der Waals surface area contributed by atoms with Crippen molar-refractivity contribution in [3.05, 3.63) is 48.3 Å². The van der Waals surface area contributed by atoms with Gasteiger partial charge in [-0.3, -0.25) is 4.98 Å².